The number of halogens is 1. The van der Waals surface area contributed by atoms with Crippen molar-refractivity contribution in [2.45, 2.75) is 11.8 Å². The van der Waals surface area contributed by atoms with E-state index in [9.17, 15) is 13.2 Å². The first-order valence-corrected chi connectivity index (χ1v) is 10.6. The summed E-state index contributed by atoms with van der Waals surface area (Å²) < 4.78 is 34.0. The number of carbonyl (C=O) groups is 1. The van der Waals surface area contributed by atoms with E-state index in [0.717, 1.165) is 0 Å². The molecule has 0 saturated heterocycles. The summed E-state index contributed by atoms with van der Waals surface area (Å²) in [5.41, 5.74) is 0.502. The van der Waals surface area contributed by atoms with Crippen molar-refractivity contribution < 1.29 is 17.9 Å². The lowest BCUT2D eigenvalue weighted by Crippen LogP contribution is -2.30. The lowest BCUT2D eigenvalue weighted by molar-refractivity contribution is 0.0987. The Morgan fingerprint density at radius 1 is 1.10 bits per heavy atom. The summed E-state index contributed by atoms with van der Waals surface area (Å²) in [6.07, 6.45) is 1.57. The molecule has 148 valence electrons. The van der Waals surface area contributed by atoms with Crippen molar-refractivity contribution in [3.8, 4) is 11.5 Å². The van der Waals surface area contributed by atoms with E-state index in [1.807, 2.05) is 6.92 Å². The Morgan fingerprint density at radius 2 is 1.86 bits per heavy atom. The molecule has 0 saturated carbocycles. The molecule has 1 aliphatic heterocycles. The van der Waals surface area contributed by atoms with Crippen LogP contribution < -0.4 is 14.4 Å². The van der Waals surface area contributed by atoms with Gasteiger partial charge in [0.1, 0.15) is 5.75 Å². The van der Waals surface area contributed by atoms with Crippen LogP contribution in [-0.4, -0.2) is 25.9 Å². The van der Waals surface area contributed by atoms with Gasteiger partial charge in [0.15, 0.2) is 11.6 Å². The zero-order valence-electron chi connectivity index (χ0n) is 15.3. The minimum atomic E-state index is -3.92. The molecule has 3 aromatic rings. The van der Waals surface area contributed by atoms with Gasteiger partial charge < -0.3 is 4.74 Å². The number of hydrogen-bond donors (Lipinski definition) is 1. The summed E-state index contributed by atoms with van der Waals surface area (Å²) in [6, 6.07) is 13.9. The Balaban J connectivity index is 1.74. The second kappa shape index (κ2) is 7.38. The molecule has 2 aromatic carbocycles. The summed E-state index contributed by atoms with van der Waals surface area (Å²) in [5.74, 6) is 0.699. The van der Waals surface area contributed by atoms with E-state index in [1.54, 1.807) is 42.6 Å². The highest BCUT2D eigenvalue weighted by Gasteiger charge is 2.29. The molecule has 1 amide bonds. The highest BCUT2D eigenvalue weighted by molar-refractivity contribution is 7.92. The SMILES string of the molecule is CCN1C(=O)c2cc(S(=O)(=O)Nc3ccc(Cl)cc3)ccc2Oc2cccnc21. The van der Waals surface area contributed by atoms with Gasteiger partial charge in [0, 0.05) is 23.5 Å². The number of pyridine rings is 1. The van der Waals surface area contributed by atoms with Gasteiger partial charge in [-0.2, -0.15) is 0 Å². The normalized spacial score (nSPS) is 13.2. The highest BCUT2D eigenvalue weighted by atomic mass is 35.5. The Kier molecular flexibility index (Phi) is 4.89. The molecule has 0 bridgehead atoms. The van der Waals surface area contributed by atoms with Crippen molar-refractivity contribution in [2.24, 2.45) is 0 Å². The van der Waals surface area contributed by atoms with Crippen LogP contribution in [0.15, 0.2) is 65.7 Å². The summed E-state index contributed by atoms with van der Waals surface area (Å²) in [4.78, 5) is 18.7. The molecule has 0 radical (unpaired) electrons. The summed E-state index contributed by atoms with van der Waals surface area (Å²) >= 11 is 5.84. The van der Waals surface area contributed by atoms with Crippen molar-refractivity contribution in [1.29, 1.82) is 0 Å². The van der Waals surface area contributed by atoms with Gasteiger partial charge in [-0.3, -0.25) is 14.4 Å². The molecule has 0 fully saturated rings. The van der Waals surface area contributed by atoms with E-state index >= 15 is 0 Å². The van der Waals surface area contributed by atoms with Gasteiger partial charge in [0.2, 0.25) is 0 Å². The minimum Gasteiger partial charge on any atom is -0.453 e. The first-order valence-electron chi connectivity index (χ1n) is 8.76. The van der Waals surface area contributed by atoms with Crippen molar-refractivity contribution in [3.05, 3.63) is 71.4 Å². The monoisotopic (exact) mass is 429 g/mol. The Morgan fingerprint density at radius 3 is 2.59 bits per heavy atom. The third-order valence-corrected chi connectivity index (χ3v) is 6.01. The maximum atomic E-state index is 13.1. The fraction of sp³-hybridized carbons (Fsp3) is 0.100. The van der Waals surface area contributed by atoms with Gasteiger partial charge in [-0.15, -0.1) is 0 Å². The third-order valence-electron chi connectivity index (χ3n) is 4.38. The number of carbonyl (C=O) groups excluding carboxylic acids is 1. The molecule has 2 heterocycles. The molecule has 9 heteroatoms. The van der Waals surface area contributed by atoms with Gasteiger partial charge in [0.25, 0.3) is 15.9 Å². The number of rotatable bonds is 4. The van der Waals surface area contributed by atoms with Crippen LogP contribution >= 0.6 is 11.6 Å². The molecular weight excluding hydrogens is 414 g/mol. The average Bonchev–Trinajstić information content (AvgIpc) is 2.83. The topological polar surface area (TPSA) is 88.6 Å². The lowest BCUT2D eigenvalue weighted by atomic mass is 10.2. The fourth-order valence-electron chi connectivity index (χ4n) is 2.98. The van der Waals surface area contributed by atoms with E-state index < -0.39 is 10.0 Å². The summed E-state index contributed by atoms with van der Waals surface area (Å²) in [6.45, 7) is 2.16. The molecule has 0 spiro atoms. The van der Waals surface area contributed by atoms with Gasteiger partial charge in [-0.1, -0.05) is 11.6 Å². The molecule has 1 N–H and O–H groups in total. The number of sulfonamides is 1. The van der Waals surface area contributed by atoms with Crippen molar-refractivity contribution in [3.63, 3.8) is 0 Å². The number of hydrogen-bond acceptors (Lipinski definition) is 5. The predicted molar refractivity (Wildman–Crippen MR) is 110 cm³/mol. The minimum absolute atomic E-state index is 0.0573. The van der Waals surface area contributed by atoms with E-state index in [4.69, 9.17) is 16.3 Å². The Bertz CT molecular complexity index is 1200. The standard InChI is InChI=1S/C20H16ClN3O4S/c1-2-24-19-18(4-3-11-22-19)28-17-10-9-15(12-16(17)20(24)25)29(26,27)23-14-7-5-13(21)6-8-14/h3-12,23H,2H2,1H3. The number of anilines is 2. The number of nitrogens with one attached hydrogen (secondary N) is 1. The van der Waals surface area contributed by atoms with Crippen LogP contribution in [0.2, 0.25) is 5.02 Å². The number of aromatic nitrogens is 1. The molecule has 1 aliphatic rings. The molecule has 0 aliphatic carbocycles. The lowest BCUT2D eigenvalue weighted by Gasteiger charge is -2.18. The molecule has 7 nitrogen and oxygen atoms in total. The molecular formula is C20H16ClN3O4S. The number of ether oxygens (including phenoxy) is 1. The van der Waals surface area contributed by atoms with Crippen LogP contribution in [0.25, 0.3) is 0 Å². The zero-order chi connectivity index (χ0) is 20.6. The number of amides is 1. The number of fused-ring (bicyclic) bond motifs is 2. The number of nitrogens with zero attached hydrogens (tertiary/aromatic N) is 2. The molecule has 0 unspecified atom stereocenters. The third kappa shape index (κ3) is 3.64. The van der Waals surface area contributed by atoms with Crippen LogP contribution in [0.1, 0.15) is 17.3 Å². The Labute approximate surface area is 173 Å². The van der Waals surface area contributed by atoms with Gasteiger partial charge in [-0.05, 0) is 61.5 Å². The molecule has 0 atom stereocenters. The first-order chi connectivity index (χ1) is 13.9. The molecule has 29 heavy (non-hydrogen) atoms. The van der Waals surface area contributed by atoms with Crippen molar-refractivity contribution in [1.82, 2.24) is 4.98 Å². The van der Waals surface area contributed by atoms with Crippen LogP contribution in [0.3, 0.4) is 0 Å². The highest BCUT2D eigenvalue weighted by Crippen LogP contribution is 2.38. The number of benzene rings is 2. The molecule has 1 aromatic heterocycles. The van der Waals surface area contributed by atoms with Crippen LogP contribution in [0, 0.1) is 0 Å². The maximum Gasteiger partial charge on any atom is 0.263 e. The zero-order valence-corrected chi connectivity index (χ0v) is 16.9. The van der Waals surface area contributed by atoms with Gasteiger partial charge in [0.05, 0.1) is 10.5 Å². The maximum absolute atomic E-state index is 13.1. The fourth-order valence-corrected chi connectivity index (χ4v) is 4.19. The largest absolute Gasteiger partial charge is 0.453 e. The van der Waals surface area contributed by atoms with Crippen LogP contribution in [0.5, 0.6) is 11.5 Å². The summed E-state index contributed by atoms with van der Waals surface area (Å²) in [5, 5.41) is 0.494. The predicted octanol–water partition coefficient (Wildman–Crippen LogP) is 4.31. The van der Waals surface area contributed by atoms with E-state index in [2.05, 4.69) is 9.71 Å². The smallest absolute Gasteiger partial charge is 0.263 e. The Hall–Kier alpha value is -3.10. The van der Waals surface area contributed by atoms with Crippen LogP contribution in [-0.2, 0) is 10.0 Å². The second-order valence-corrected chi connectivity index (χ2v) is 8.37. The van der Waals surface area contributed by atoms with Crippen LogP contribution in [0.4, 0.5) is 11.5 Å². The quantitative estimate of drug-likeness (QED) is 0.667. The molecule has 4 rings (SSSR count). The second-order valence-electron chi connectivity index (χ2n) is 6.25. The van der Waals surface area contributed by atoms with E-state index in [1.165, 1.54) is 23.1 Å². The van der Waals surface area contributed by atoms with Crippen molar-refractivity contribution >= 4 is 39.0 Å². The summed E-state index contributed by atoms with van der Waals surface area (Å²) in [7, 11) is -3.92. The van der Waals surface area contributed by atoms with E-state index in [-0.39, 0.29) is 22.1 Å². The van der Waals surface area contributed by atoms with E-state index in [0.29, 0.717) is 28.8 Å². The van der Waals surface area contributed by atoms with Gasteiger partial charge >= 0.3 is 0 Å². The first kappa shape index (κ1) is 19.2. The average molecular weight is 430 g/mol. The van der Waals surface area contributed by atoms with Gasteiger partial charge in [-0.25, -0.2) is 13.4 Å². The van der Waals surface area contributed by atoms with Crippen molar-refractivity contribution in [2.75, 3.05) is 16.2 Å².